The molecule has 0 radical (unpaired) electrons. The molecule has 10 heteroatoms. The van der Waals surface area contributed by atoms with Crippen molar-refractivity contribution in [3.63, 3.8) is 0 Å². The third-order valence-electron chi connectivity index (χ3n) is 5.50. The van der Waals surface area contributed by atoms with Crippen molar-refractivity contribution in [3.8, 4) is 23.0 Å². The molecular formula is C22H33N7O2S. The Morgan fingerprint density at radius 2 is 2.12 bits per heavy atom. The second-order valence-electron chi connectivity index (χ2n) is 8.66. The van der Waals surface area contributed by atoms with Crippen molar-refractivity contribution in [2.24, 2.45) is 23.2 Å². The molecule has 1 aliphatic heterocycles. The number of nitrogens with two attached hydrogens (primary N) is 3. The predicted molar refractivity (Wildman–Crippen MR) is 129 cm³/mol. The Labute approximate surface area is 193 Å². The number of rotatable bonds is 5. The van der Waals surface area contributed by atoms with Gasteiger partial charge in [-0.1, -0.05) is 6.92 Å². The summed E-state index contributed by atoms with van der Waals surface area (Å²) in [6, 6.07) is 4.96. The maximum Gasteiger partial charge on any atom is 0.233 e. The topological polar surface area (TPSA) is 149 Å². The van der Waals surface area contributed by atoms with Crippen LogP contribution >= 0.6 is 11.8 Å². The molecule has 3 atom stereocenters. The van der Waals surface area contributed by atoms with Crippen molar-refractivity contribution < 1.29 is 9.84 Å². The Hall–Kier alpha value is -2.56. The monoisotopic (exact) mass is 459 g/mol. The van der Waals surface area contributed by atoms with Gasteiger partial charge in [-0.2, -0.15) is 11.8 Å². The van der Waals surface area contributed by atoms with Gasteiger partial charge in [-0.3, -0.25) is 5.01 Å². The second-order valence-corrected chi connectivity index (χ2v) is 9.88. The minimum absolute atomic E-state index is 0.0276. The summed E-state index contributed by atoms with van der Waals surface area (Å²) < 4.78 is 6.21. The van der Waals surface area contributed by atoms with Gasteiger partial charge in [0.15, 0.2) is 0 Å². The van der Waals surface area contributed by atoms with Crippen LogP contribution in [0.2, 0.25) is 0 Å². The molecule has 0 amide bonds. The molecule has 1 aliphatic rings. The minimum Gasteiger partial charge on any atom is -0.506 e. The van der Waals surface area contributed by atoms with Gasteiger partial charge in [0, 0.05) is 36.5 Å². The van der Waals surface area contributed by atoms with Crippen molar-refractivity contribution in [1.29, 1.82) is 0 Å². The average Bonchev–Trinajstić information content (AvgIpc) is 2.73. The quantitative estimate of drug-likeness (QED) is 0.388. The SMILES string of the molecule is C[C@H]1CCSCC[C@@](C)(N)C[C@@H](Oc2ccc(-c3ncc(N(N)/C=C\N)cc3O)nn2)C1. The van der Waals surface area contributed by atoms with Gasteiger partial charge < -0.3 is 21.3 Å². The highest BCUT2D eigenvalue weighted by molar-refractivity contribution is 7.99. The Morgan fingerprint density at radius 3 is 2.81 bits per heavy atom. The van der Waals surface area contributed by atoms with E-state index in [0.717, 1.165) is 30.8 Å². The van der Waals surface area contributed by atoms with E-state index in [1.165, 1.54) is 36.1 Å². The molecule has 0 bridgehead atoms. The summed E-state index contributed by atoms with van der Waals surface area (Å²) in [5.41, 5.74) is 12.8. The molecule has 3 heterocycles. The van der Waals surface area contributed by atoms with Crippen LogP contribution in [0.4, 0.5) is 5.69 Å². The molecule has 0 aromatic carbocycles. The van der Waals surface area contributed by atoms with Gasteiger partial charge in [-0.25, -0.2) is 10.8 Å². The fraction of sp³-hybridized carbons (Fsp3) is 0.500. The summed E-state index contributed by atoms with van der Waals surface area (Å²) in [5, 5.41) is 20.0. The first-order chi connectivity index (χ1) is 15.3. The summed E-state index contributed by atoms with van der Waals surface area (Å²) in [7, 11) is 0. The molecule has 0 aliphatic carbocycles. The lowest BCUT2D eigenvalue weighted by molar-refractivity contribution is 0.125. The molecule has 2 aromatic heterocycles. The molecule has 174 valence electrons. The van der Waals surface area contributed by atoms with Gasteiger partial charge in [0.1, 0.15) is 23.2 Å². The third-order valence-corrected chi connectivity index (χ3v) is 6.52. The van der Waals surface area contributed by atoms with E-state index in [0.29, 0.717) is 28.9 Å². The van der Waals surface area contributed by atoms with Gasteiger partial charge in [0.05, 0.1) is 11.9 Å². The van der Waals surface area contributed by atoms with Crippen molar-refractivity contribution in [2.75, 3.05) is 16.5 Å². The molecule has 3 rings (SSSR count). The molecule has 0 unspecified atom stereocenters. The van der Waals surface area contributed by atoms with Crippen LogP contribution in [-0.2, 0) is 0 Å². The molecule has 2 aromatic rings. The lowest BCUT2D eigenvalue weighted by Gasteiger charge is -2.32. The third kappa shape index (κ3) is 6.72. The van der Waals surface area contributed by atoms with E-state index in [1.807, 2.05) is 11.8 Å². The summed E-state index contributed by atoms with van der Waals surface area (Å²) in [6.07, 6.45) is 8.04. The summed E-state index contributed by atoms with van der Waals surface area (Å²) in [5.74, 6) is 8.94. The van der Waals surface area contributed by atoms with Crippen LogP contribution < -0.4 is 27.1 Å². The van der Waals surface area contributed by atoms with Gasteiger partial charge in [-0.15, -0.1) is 10.2 Å². The van der Waals surface area contributed by atoms with Gasteiger partial charge >= 0.3 is 0 Å². The fourth-order valence-electron chi connectivity index (χ4n) is 3.69. The maximum atomic E-state index is 10.4. The summed E-state index contributed by atoms with van der Waals surface area (Å²) in [4.78, 5) is 4.26. The van der Waals surface area contributed by atoms with Crippen LogP contribution in [0.3, 0.4) is 0 Å². The zero-order chi connectivity index (χ0) is 23.1. The van der Waals surface area contributed by atoms with Crippen LogP contribution in [0.1, 0.15) is 39.5 Å². The first kappa shape index (κ1) is 24.1. The molecule has 0 spiro atoms. The van der Waals surface area contributed by atoms with Crippen LogP contribution in [0.25, 0.3) is 11.4 Å². The predicted octanol–water partition coefficient (Wildman–Crippen LogP) is 2.76. The van der Waals surface area contributed by atoms with Crippen LogP contribution in [-0.4, -0.2) is 43.4 Å². The van der Waals surface area contributed by atoms with Crippen molar-refractivity contribution in [1.82, 2.24) is 15.2 Å². The average molecular weight is 460 g/mol. The highest BCUT2D eigenvalue weighted by Crippen LogP contribution is 2.30. The van der Waals surface area contributed by atoms with Gasteiger partial charge in [0.25, 0.3) is 0 Å². The van der Waals surface area contributed by atoms with Crippen molar-refractivity contribution in [3.05, 3.63) is 36.8 Å². The number of hydrazine groups is 1. The number of hydrogen-bond donors (Lipinski definition) is 4. The molecule has 1 saturated heterocycles. The first-order valence-corrected chi connectivity index (χ1v) is 11.9. The number of pyridine rings is 1. The zero-order valence-corrected chi connectivity index (χ0v) is 19.5. The molecule has 7 N–H and O–H groups in total. The van der Waals surface area contributed by atoms with Crippen LogP contribution in [0.15, 0.2) is 36.8 Å². The lowest BCUT2D eigenvalue weighted by atomic mass is 9.88. The van der Waals surface area contributed by atoms with E-state index in [9.17, 15) is 5.11 Å². The van der Waals surface area contributed by atoms with Gasteiger partial charge in [0.2, 0.25) is 5.88 Å². The second kappa shape index (κ2) is 10.8. The van der Waals surface area contributed by atoms with Crippen molar-refractivity contribution in [2.45, 2.75) is 51.2 Å². The van der Waals surface area contributed by atoms with E-state index < -0.39 is 0 Å². The highest BCUT2D eigenvalue weighted by Gasteiger charge is 2.28. The maximum absolute atomic E-state index is 10.4. The fourth-order valence-corrected chi connectivity index (χ4v) is 5.08. The van der Waals surface area contributed by atoms with Crippen LogP contribution in [0.5, 0.6) is 11.6 Å². The van der Waals surface area contributed by atoms with E-state index in [-0.39, 0.29) is 17.4 Å². The number of aromatic hydroxyl groups is 1. The van der Waals surface area contributed by atoms with Gasteiger partial charge in [-0.05, 0) is 49.7 Å². The number of anilines is 1. The summed E-state index contributed by atoms with van der Waals surface area (Å²) in [6.45, 7) is 4.35. The number of nitrogens with zero attached hydrogens (tertiary/aromatic N) is 4. The Bertz CT molecular complexity index is 908. The molecule has 32 heavy (non-hydrogen) atoms. The molecule has 0 saturated carbocycles. The van der Waals surface area contributed by atoms with Crippen LogP contribution in [0, 0.1) is 5.92 Å². The number of aromatic nitrogens is 3. The Morgan fingerprint density at radius 1 is 1.31 bits per heavy atom. The van der Waals surface area contributed by atoms with Crippen molar-refractivity contribution >= 4 is 17.4 Å². The summed E-state index contributed by atoms with van der Waals surface area (Å²) >= 11 is 1.98. The number of thioether (sulfide) groups is 1. The van der Waals surface area contributed by atoms with E-state index in [1.54, 1.807) is 12.1 Å². The Kier molecular flexibility index (Phi) is 8.16. The smallest absolute Gasteiger partial charge is 0.233 e. The number of ether oxygens (including phenoxy) is 1. The zero-order valence-electron chi connectivity index (χ0n) is 18.6. The lowest BCUT2D eigenvalue weighted by Crippen LogP contribution is -2.42. The molecule has 1 fully saturated rings. The van der Waals surface area contributed by atoms with E-state index in [2.05, 4.69) is 29.0 Å². The minimum atomic E-state index is -0.282. The first-order valence-electron chi connectivity index (χ1n) is 10.8. The number of hydrogen-bond acceptors (Lipinski definition) is 10. The largest absolute Gasteiger partial charge is 0.506 e. The molecule has 9 nitrogen and oxygen atoms in total. The highest BCUT2D eigenvalue weighted by atomic mass is 32.2. The van der Waals surface area contributed by atoms with E-state index >= 15 is 0 Å². The Balaban J connectivity index is 1.73. The normalized spacial score (nSPS) is 24.9. The molecular weight excluding hydrogens is 426 g/mol. The standard InChI is InChI=1S/C22H33N7O2S/c1-15-5-9-32-10-6-22(2,24)13-17(11-15)31-20-4-3-18(27-28-20)21-19(30)12-16(14-26-21)29(25)8-7-23/h3-4,7-8,12,14-15,17,30H,5-6,9-11,13,23-25H2,1-2H3/b8-7-/t15-,17-,22+/m0/s1. The van der Waals surface area contributed by atoms with E-state index in [4.69, 9.17) is 22.0 Å².